The zero-order chi connectivity index (χ0) is 37.4. The molecule has 0 saturated carbocycles. The molecule has 2 heterocycles. The summed E-state index contributed by atoms with van der Waals surface area (Å²) in [5, 5.41) is 5.06. The van der Waals surface area contributed by atoms with Crippen molar-refractivity contribution >= 4 is 42.3 Å². The molecule has 2 aromatic heterocycles. The Labute approximate surface area is 330 Å². The molecule has 0 unspecified atom stereocenters. The summed E-state index contributed by atoms with van der Waals surface area (Å²) in [5.74, 6) is 0.711. The maximum Gasteiger partial charge on any atom is 0.160 e. The fourth-order valence-corrected chi connectivity index (χ4v) is 9.96. The molecule has 0 amide bonds. The van der Waals surface area contributed by atoms with Crippen LogP contribution in [0.1, 0.15) is 25.0 Å². The quantitative estimate of drug-likeness (QED) is 0.176. The second-order valence-electron chi connectivity index (χ2n) is 15.4. The van der Waals surface area contributed by atoms with Gasteiger partial charge in [-0.1, -0.05) is 153 Å². The molecule has 0 saturated heterocycles. The summed E-state index contributed by atoms with van der Waals surface area (Å²) in [4.78, 5) is 10.6. The largest absolute Gasteiger partial charge is 0.228 e. The van der Waals surface area contributed by atoms with Crippen LogP contribution < -0.4 is 0 Å². The van der Waals surface area contributed by atoms with Gasteiger partial charge in [-0.3, -0.25) is 0 Å². The van der Waals surface area contributed by atoms with Crippen molar-refractivity contribution in [1.82, 2.24) is 9.97 Å². The van der Waals surface area contributed by atoms with Crippen LogP contribution in [0.4, 0.5) is 0 Å². The van der Waals surface area contributed by atoms with Crippen LogP contribution in [0, 0.1) is 0 Å². The van der Waals surface area contributed by atoms with E-state index in [1.165, 1.54) is 64.3 Å². The van der Waals surface area contributed by atoms with E-state index in [2.05, 4.69) is 190 Å². The molecule has 0 atom stereocenters. The van der Waals surface area contributed by atoms with Gasteiger partial charge in [0.1, 0.15) is 0 Å². The fraction of sp³-hybridized carbons (Fsp3) is 0.0566. The first kappa shape index (κ1) is 32.7. The highest BCUT2D eigenvalue weighted by Gasteiger charge is 2.35. The van der Waals surface area contributed by atoms with E-state index in [9.17, 15) is 0 Å². The van der Waals surface area contributed by atoms with Gasteiger partial charge in [0, 0.05) is 42.3 Å². The molecule has 0 radical (unpaired) electrons. The third kappa shape index (κ3) is 5.31. The topological polar surface area (TPSA) is 25.8 Å². The molecule has 11 rings (SSSR count). The highest BCUT2D eigenvalue weighted by molar-refractivity contribution is 7.25. The molecule has 0 bridgehead atoms. The van der Waals surface area contributed by atoms with Crippen molar-refractivity contribution in [3.8, 4) is 67.3 Å². The average molecular weight is 733 g/mol. The van der Waals surface area contributed by atoms with Gasteiger partial charge in [0.2, 0.25) is 0 Å². The fourth-order valence-electron chi connectivity index (χ4n) is 8.82. The average Bonchev–Trinajstić information content (AvgIpc) is 3.74. The van der Waals surface area contributed by atoms with Gasteiger partial charge in [-0.25, -0.2) is 9.97 Å². The zero-order valence-electron chi connectivity index (χ0n) is 31.1. The van der Waals surface area contributed by atoms with E-state index < -0.39 is 0 Å². The SMILES string of the molecule is CC1(C)c2ccccc2-c2cc(-c3cc(-c4cc(-c5ccc6c(c5)sc5ccccc56)cc(-c5cccc6ccccc56)c4)nc(-c4ccccc4)n3)ccc21. The first-order valence-electron chi connectivity index (χ1n) is 19.2. The third-order valence-electron chi connectivity index (χ3n) is 11.7. The lowest BCUT2D eigenvalue weighted by Gasteiger charge is -2.21. The summed E-state index contributed by atoms with van der Waals surface area (Å²) in [7, 11) is 0. The Morgan fingerprint density at radius 3 is 1.91 bits per heavy atom. The van der Waals surface area contributed by atoms with E-state index in [0.717, 1.165) is 39.2 Å². The minimum absolute atomic E-state index is 0.0617. The van der Waals surface area contributed by atoms with E-state index in [1.807, 2.05) is 17.4 Å². The summed E-state index contributed by atoms with van der Waals surface area (Å²) in [5.41, 5.74) is 14.9. The lowest BCUT2D eigenvalue weighted by molar-refractivity contribution is 0.660. The first-order chi connectivity index (χ1) is 27.5. The highest BCUT2D eigenvalue weighted by Crippen LogP contribution is 2.49. The Balaban J connectivity index is 1.14. The van der Waals surface area contributed by atoms with Crippen molar-refractivity contribution in [3.63, 3.8) is 0 Å². The number of rotatable bonds is 5. The van der Waals surface area contributed by atoms with Crippen molar-refractivity contribution in [1.29, 1.82) is 0 Å². The van der Waals surface area contributed by atoms with Gasteiger partial charge in [0.05, 0.1) is 11.4 Å². The molecule has 10 aromatic rings. The summed E-state index contributed by atoms with van der Waals surface area (Å²) in [6, 6.07) is 66.1. The van der Waals surface area contributed by atoms with Gasteiger partial charge in [0.25, 0.3) is 0 Å². The van der Waals surface area contributed by atoms with E-state index in [1.54, 1.807) is 0 Å². The van der Waals surface area contributed by atoms with Crippen molar-refractivity contribution in [3.05, 3.63) is 193 Å². The second kappa shape index (κ2) is 12.7. The predicted octanol–water partition coefficient (Wildman–Crippen LogP) is 14.6. The zero-order valence-corrected chi connectivity index (χ0v) is 31.9. The van der Waals surface area contributed by atoms with Gasteiger partial charge >= 0.3 is 0 Å². The van der Waals surface area contributed by atoms with Crippen LogP contribution in [0.25, 0.3) is 98.2 Å². The lowest BCUT2D eigenvalue weighted by atomic mass is 9.82. The number of hydrogen-bond donors (Lipinski definition) is 0. The first-order valence-corrected chi connectivity index (χ1v) is 20.0. The second-order valence-corrected chi connectivity index (χ2v) is 16.5. The van der Waals surface area contributed by atoms with Gasteiger partial charge in [-0.15, -0.1) is 11.3 Å². The number of nitrogens with zero attached hydrogens (tertiary/aromatic N) is 2. The molecule has 264 valence electrons. The van der Waals surface area contributed by atoms with E-state index in [4.69, 9.17) is 9.97 Å². The highest BCUT2D eigenvalue weighted by atomic mass is 32.1. The number of hydrogen-bond acceptors (Lipinski definition) is 3. The standard InChI is InChI=1S/C53H36N2S/c1-53(2)46-21-10-8-18-42(46)45-30-36(24-26-47(45)53)48-32-49(55-52(54-48)34-14-4-3-5-15-34)39-28-37(27-38(29-39)41-20-12-16-33-13-6-7-17-40(33)41)35-23-25-44-43-19-9-11-22-50(43)56-51(44)31-35/h3-32H,1-2H3. The Hall–Kier alpha value is -6.68. The Bertz CT molecular complexity index is 3170. The molecule has 0 spiro atoms. The van der Waals surface area contributed by atoms with Crippen LogP contribution in [-0.4, -0.2) is 9.97 Å². The molecule has 0 N–H and O–H groups in total. The van der Waals surface area contributed by atoms with Gasteiger partial charge in [-0.05, 0) is 97.7 Å². The molecule has 2 nitrogen and oxygen atoms in total. The van der Waals surface area contributed by atoms with Crippen molar-refractivity contribution in [2.24, 2.45) is 0 Å². The van der Waals surface area contributed by atoms with Crippen molar-refractivity contribution in [2.75, 3.05) is 0 Å². The molecule has 1 aliphatic carbocycles. The summed E-state index contributed by atoms with van der Waals surface area (Å²) >= 11 is 1.86. The maximum absolute atomic E-state index is 5.33. The molecule has 3 heteroatoms. The molecular formula is C53H36N2S. The third-order valence-corrected chi connectivity index (χ3v) is 12.8. The molecule has 56 heavy (non-hydrogen) atoms. The van der Waals surface area contributed by atoms with Crippen LogP contribution in [0.15, 0.2) is 182 Å². The number of aromatic nitrogens is 2. The molecule has 8 aromatic carbocycles. The number of benzene rings is 8. The Kier molecular flexibility index (Phi) is 7.42. The smallest absolute Gasteiger partial charge is 0.160 e. The van der Waals surface area contributed by atoms with Crippen molar-refractivity contribution < 1.29 is 0 Å². The van der Waals surface area contributed by atoms with E-state index >= 15 is 0 Å². The van der Waals surface area contributed by atoms with Gasteiger partial charge < -0.3 is 0 Å². The monoisotopic (exact) mass is 732 g/mol. The lowest BCUT2D eigenvalue weighted by Crippen LogP contribution is -2.14. The van der Waals surface area contributed by atoms with Crippen LogP contribution in [-0.2, 0) is 5.41 Å². The van der Waals surface area contributed by atoms with Crippen LogP contribution in [0.5, 0.6) is 0 Å². The Morgan fingerprint density at radius 1 is 0.375 bits per heavy atom. The molecular weight excluding hydrogens is 697 g/mol. The summed E-state index contributed by atoms with van der Waals surface area (Å²) in [6.07, 6.45) is 0. The Morgan fingerprint density at radius 2 is 1.02 bits per heavy atom. The summed E-state index contributed by atoms with van der Waals surface area (Å²) < 4.78 is 2.60. The van der Waals surface area contributed by atoms with Crippen molar-refractivity contribution in [2.45, 2.75) is 19.3 Å². The number of fused-ring (bicyclic) bond motifs is 7. The molecule has 0 fully saturated rings. The van der Waals surface area contributed by atoms with E-state index in [0.29, 0.717) is 5.82 Å². The minimum atomic E-state index is -0.0617. The molecule has 1 aliphatic rings. The predicted molar refractivity (Wildman–Crippen MR) is 237 cm³/mol. The van der Waals surface area contributed by atoms with Crippen LogP contribution in [0.2, 0.25) is 0 Å². The van der Waals surface area contributed by atoms with Crippen LogP contribution >= 0.6 is 11.3 Å². The number of thiophene rings is 1. The van der Waals surface area contributed by atoms with Gasteiger partial charge in [0.15, 0.2) is 5.82 Å². The van der Waals surface area contributed by atoms with E-state index in [-0.39, 0.29) is 5.41 Å². The minimum Gasteiger partial charge on any atom is -0.228 e. The molecule has 0 aliphatic heterocycles. The van der Waals surface area contributed by atoms with Crippen LogP contribution in [0.3, 0.4) is 0 Å². The summed E-state index contributed by atoms with van der Waals surface area (Å²) in [6.45, 7) is 4.65. The normalized spacial score (nSPS) is 13.0. The van der Waals surface area contributed by atoms with Gasteiger partial charge in [-0.2, -0.15) is 0 Å². The maximum atomic E-state index is 5.33.